The molecule has 1 saturated heterocycles. The lowest BCUT2D eigenvalue weighted by Gasteiger charge is -2.17. The first-order valence-corrected chi connectivity index (χ1v) is 13.1. The molecule has 8 nitrogen and oxygen atoms in total. The molecular weight excluding hydrogens is 464 g/mol. The first kappa shape index (κ1) is 26.4. The van der Waals surface area contributed by atoms with E-state index < -0.39 is 0 Å². The molecule has 0 bridgehead atoms. The quantitative estimate of drug-likeness (QED) is 0.198. The first-order chi connectivity index (χ1) is 18.2. The number of aromatic nitrogens is 2. The Kier molecular flexibility index (Phi) is 9.71. The molecule has 1 aliphatic heterocycles. The summed E-state index contributed by atoms with van der Waals surface area (Å²) in [5, 5.41) is 14.9. The van der Waals surface area contributed by atoms with Crippen molar-refractivity contribution >= 4 is 17.9 Å². The van der Waals surface area contributed by atoms with Crippen molar-refractivity contribution in [1.82, 2.24) is 14.9 Å². The molecule has 0 saturated carbocycles. The van der Waals surface area contributed by atoms with Gasteiger partial charge in [0, 0.05) is 25.8 Å². The van der Waals surface area contributed by atoms with E-state index in [1.54, 1.807) is 7.11 Å². The number of unbranched alkanes of at least 4 members (excludes halogenated alkanes) is 1. The number of ether oxygens (including phenoxy) is 2. The number of benzene rings is 2. The topological polar surface area (TPSA) is 95.4 Å². The van der Waals surface area contributed by atoms with Gasteiger partial charge in [0.1, 0.15) is 17.4 Å². The molecule has 196 valence electrons. The fourth-order valence-corrected chi connectivity index (χ4v) is 4.38. The predicted molar refractivity (Wildman–Crippen MR) is 149 cm³/mol. The van der Waals surface area contributed by atoms with E-state index in [-0.39, 0.29) is 0 Å². The Morgan fingerprint density at radius 2 is 1.62 bits per heavy atom. The Labute approximate surface area is 219 Å². The third kappa shape index (κ3) is 7.67. The van der Waals surface area contributed by atoms with E-state index in [2.05, 4.69) is 56.7 Å². The third-order valence-electron chi connectivity index (χ3n) is 6.47. The minimum Gasteiger partial charge on any atom is -0.497 e. The standard InChI is InChI=1S/C29H38N6O2/c1-3-4-16-37-29-33-27(31-19-22-10-12-25(36-2)13-11-22)26(18-30)28(34-29)32-20-23-8-7-9-24(17-23)21-35-14-5-6-15-35/h7-13,17-18,30H,3-6,14-16,19-21H2,1-2H3,(H2,31,32,33,34). The van der Waals surface area contributed by atoms with Crippen LogP contribution in [0.15, 0.2) is 48.5 Å². The number of rotatable bonds is 14. The molecule has 3 aromatic rings. The maximum atomic E-state index is 8.09. The fourth-order valence-electron chi connectivity index (χ4n) is 4.38. The van der Waals surface area contributed by atoms with Gasteiger partial charge in [-0.1, -0.05) is 49.7 Å². The smallest absolute Gasteiger partial charge is 0.320 e. The fraction of sp³-hybridized carbons (Fsp3) is 0.414. The molecule has 2 heterocycles. The highest BCUT2D eigenvalue weighted by Crippen LogP contribution is 2.24. The summed E-state index contributed by atoms with van der Waals surface area (Å²) in [6.07, 6.45) is 5.83. The number of likely N-dealkylation sites (tertiary alicyclic amines) is 1. The number of anilines is 2. The van der Waals surface area contributed by atoms with Crippen molar-refractivity contribution in [3.63, 3.8) is 0 Å². The van der Waals surface area contributed by atoms with Gasteiger partial charge in [-0.2, -0.15) is 9.97 Å². The third-order valence-corrected chi connectivity index (χ3v) is 6.47. The van der Waals surface area contributed by atoms with E-state index in [0.717, 1.165) is 30.7 Å². The van der Waals surface area contributed by atoms with Crippen molar-refractivity contribution in [2.45, 2.75) is 52.2 Å². The molecule has 4 rings (SSSR count). The molecule has 1 aromatic heterocycles. The minimum absolute atomic E-state index is 0.307. The molecule has 0 unspecified atom stereocenters. The molecule has 0 spiro atoms. The lowest BCUT2D eigenvalue weighted by Crippen LogP contribution is -2.18. The Hall–Kier alpha value is -3.65. The van der Waals surface area contributed by atoms with Crippen molar-refractivity contribution in [3.8, 4) is 11.8 Å². The summed E-state index contributed by atoms with van der Waals surface area (Å²) in [5.74, 6) is 1.96. The van der Waals surface area contributed by atoms with Crippen molar-refractivity contribution < 1.29 is 9.47 Å². The normalized spacial score (nSPS) is 13.4. The van der Waals surface area contributed by atoms with Gasteiger partial charge in [-0.05, 0) is 61.2 Å². The monoisotopic (exact) mass is 502 g/mol. The van der Waals surface area contributed by atoms with Crippen LogP contribution < -0.4 is 20.1 Å². The summed E-state index contributed by atoms with van der Waals surface area (Å²) >= 11 is 0. The number of nitrogens with one attached hydrogen (secondary N) is 3. The molecule has 3 N–H and O–H groups in total. The molecule has 37 heavy (non-hydrogen) atoms. The van der Waals surface area contributed by atoms with Crippen LogP contribution in [0.1, 0.15) is 54.9 Å². The Morgan fingerprint density at radius 3 is 2.27 bits per heavy atom. The van der Waals surface area contributed by atoms with E-state index in [4.69, 9.17) is 14.9 Å². The lowest BCUT2D eigenvalue weighted by atomic mass is 10.1. The Balaban J connectivity index is 1.50. The van der Waals surface area contributed by atoms with Crippen LogP contribution in [0.3, 0.4) is 0 Å². The van der Waals surface area contributed by atoms with E-state index in [9.17, 15) is 0 Å². The van der Waals surface area contributed by atoms with Crippen LogP contribution in [0.5, 0.6) is 11.8 Å². The maximum Gasteiger partial charge on any atom is 0.320 e. The molecule has 8 heteroatoms. The molecule has 1 aliphatic rings. The van der Waals surface area contributed by atoms with Gasteiger partial charge in [0.25, 0.3) is 0 Å². The van der Waals surface area contributed by atoms with E-state index in [1.165, 1.54) is 43.3 Å². The van der Waals surface area contributed by atoms with Gasteiger partial charge < -0.3 is 25.5 Å². The Bertz CT molecular complexity index is 1150. The van der Waals surface area contributed by atoms with Gasteiger partial charge in [0.05, 0.1) is 19.3 Å². The SMILES string of the molecule is CCCCOc1nc(NCc2ccc(OC)cc2)c(C=N)c(NCc2cccc(CN3CCCC3)c2)n1. The van der Waals surface area contributed by atoms with Gasteiger partial charge >= 0.3 is 6.01 Å². The number of nitrogens with zero attached hydrogens (tertiary/aromatic N) is 3. The zero-order valence-electron chi connectivity index (χ0n) is 21.9. The van der Waals surface area contributed by atoms with Crippen molar-refractivity contribution in [1.29, 1.82) is 5.41 Å². The average Bonchev–Trinajstić information content (AvgIpc) is 3.44. The molecule has 1 fully saturated rings. The van der Waals surface area contributed by atoms with Crippen molar-refractivity contribution in [2.75, 3.05) is 37.4 Å². The lowest BCUT2D eigenvalue weighted by molar-refractivity contribution is 0.286. The number of hydrogen-bond donors (Lipinski definition) is 3. The summed E-state index contributed by atoms with van der Waals surface area (Å²) in [4.78, 5) is 11.7. The second kappa shape index (κ2) is 13.6. The summed E-state index contributed by atoms with van der Waals surface area (Å²) in [7, 11) is 1.66. The zero-order chi connectivity index (χ0) is 25.9. The zero-order valence-corrected chi connectivity index (χ0v) is 21.9. The summed E-state index contributed by atoms with van der Waals surface area (Å²) in [6, 6.07) is 16.8. The van der Waals surface area contributed by atoms with Gasteiger partial charge in [0.15, 0.2) is 0 Å². The largest absolute Gasteiger partial charge is 0.497 e. The van der Waals surface area contributed by atoms with Gasteiger partial charge in [0.2, 0.25) is 0 Å². The van der Waals surface area contributed by atoms with Gasteiger partial charge in [-0.15, -0.1) is 0 Å². The maximum absolute atomic E-state index is 8.09. The molecule has 0 radical (unpaired) electrons. The van der Waals surface area contributed by atoms with Crippen LogP contribution in [0.2, 0.25) is 0 Å². The van der Waals surface area contributed by atoms with Crippen LogP contribution in [0, 0.1) is 5.41 Å². The first-order valence-electron chi connectivity index (χ1n) is 13.1. The van der Waals surface area contributed by atoms with Crippen molar-refractivity contribution in [3.05, 3.63) is 70.8 Å². The second-order valence-corrected chi connectivity index (χ2v) is 9.32. The summed E-state index contributed by atoms with van der Waals surface area (Å²) in [5.41, 5.74) is 4.17. The minimum atomic E-state index is 0.307. The number of hydrogen-bond acceptors (Lipinski definition) is 8. The average molecular weight is 503 g/mol. The highest BCUT2D eigenvalue weighted by molar-refractivity contribution is 5.90. The van der Waals surface area contributed by atoms with E-state index >= 15 is 0 Å². The van der Waals surface area contributed by atoms with Gasteiger partial charge in [-0.3, -0.25) is 4.90 Å². The van der Waals surface area contributed by atoms with Crippen molar-refractivity contribution in [2.24, 2.45) is 0 Å². The highest BCUT2D eigenvalue weighted by Gasteiger charge is 2.15. The summed E-state index contributed by atoms with van der Waals surface area (Å²) in [6.45, 7) is 7.16. The van der Waals surface area contributed by atoms with Crippen LogP contribution in [0.4, 0.5) is 11.6 Å². The van der Waals surface area contributed by atoms with Crippen LogP contribution in [-0.2, 0) is 19.6 Å². The molecule has 2 aromatic carbocycles. The van der Waals surface area contributed by atoms with Gasteiger partial charge in [-0.25, -0.2) is 0 Å². The predicted octanol–water partition coefficient (Wildman–Crippen LogP) is 5.48. The van der Waals surface area contributed by atoms with Crippen LogP contribution >= 0.6 is 0 Å². The molecule has 0 atom stereocenters. The molecular formula is C29H38N6O2. The van der Waals surface area contributed by atoms with Crippen LogP contribution in [-0.4, -0.2) is 47.9 Å². The highest BCUT2D eigenvalue weighted by atomic mass is 16.5. The second-order valence-electron chi connectivity index (χ2n) is 9.32. The number of methoxy groups -OCH3 is 1. The molecule has 0 aliphatic carbocycles. The summed E-state index contributed by atoms with van der Waals surface area (Å²) < 4.78 is 11.1. The van der Waals surface area contributed by atoms with E-state index in [0.29, 0.717) is 42.9 Å². The van der Waals surface area contributed by atoms with Crippen LogP contribution in [0.25, 0.3) is 0 Å². The Morgan fingerprint density at radius 1 is 0.946 bits per heavy atom. The molecule has 0 amide bonds. The van der Waals surface area contributed by atoms with E-state index in [1.807, 2.05) is 24.3 Å².